The molecule has 4 aromatic heterocycles. The van der Waals surface area contributed by atoms with Crippen LogP contribution in [0.15, 0.2) is 206 Å². The van der Waals surface area contributed by atoms with E-state index in [2.05, 4.69) is 191 Å². The molecule has 0 bridgehead atoms. The number of rotatable bonds is 6. The summed E-state index contributed by atoms with van der Waals surface area (Å²) in [5.74, 6) is 0. The summed E-state index contributed by atoms with van der Waals surface area (Å²) in [4.78, 5) is 9.96. The molecule has 4 nitrogen and oxygen atoms in total. The second kappa shape index (κ2) is 13.1. The van der Waals surface area contributed by atoms with E-state index < -0.39 is 0 Å². The van der Waals surface area contributed by atoms with Crippen molar-refractivity contribution in [3.63, 3.8) is 0 Å². The van der Waals surface area contributed by atoms with Crippen molar-refractivity contribution >= 4 is 43.7 Å². The zero-order valence-corrected chi connectivity index (χ0v) is 30.4. The smallest absolute Gasteiger partial charge is 0.145 e. The first-order chi connectivity index (χ1) is 27.8. The van der Waals surface area contributed by atoms with Crippen LogP contribution in [0.3, 0.4) is 0 Å². The molecule has 0 spiro atoms. The number of hydrogen-bond donors (Lipinski definition) is 0. The van der Waals surface area contributed by atoms with Crippen LogP contribution in [0.25, 0.3) is 99.9 Å². The van der Waals surface area contributed by atoms with Gasteiger partial charge in [0.1, 0.15) is 5.65 Å². The fraction of sp³-hybridized carbons (Fsp3) is 0. The first kappa shape index (κ1) is 31.9. The average Bonchev–Trinajstić information content (AvgIpc) is 3.80. The molecule has 0 radical (unpaired) electrons. The van der Waals surface area contributed by atoms with E-state index in [1.54, 1.807) is 0 Å². The minimum absolute atomic E-state index is 0.956. The number of para-hydroxylation sites is 3. The molecule has 262 valence electrons. The number of nitrogens with zero attached hydrogens (tertiary/aromatic N) is 4. The Morgan fingerprint density at radius 3 is 1.66 bits per heavy atom. The monoisotopic (exact) mass is 714 g/mol. The maximum atomic E-state index is 5.11. The van der Waals surface area contributed by atoms with Gasteiger partial charge in [-0.1, -0.05) is 140 Å². The number of fused-ring (bicyclic) bond motifs is 6. The molecule has 56 heavy (non-hydrogen) atoms. The summed E-state index contributed by atoms with van der Waals surface area (Å²) in [7, 11) is 0. The lowest BCUT2D eigenvalue weighted by Crippen LogP contribution is -1.97. The van der Waals surface area contributed by atoms with Crippen molar-refractivity contribution in [2.75, 3.05) is 0 Å². The molecular weight excluding hydrogens is 681 g/mol. The van der Waals surface area contributed by atoms with Crippen molar-refractivity contribution in [3.05, 3.63) is 206 Å². The van der Waals surface area contributed by atoms with E-state index in [1.807, 2.05) is 24.4 Å². The van der Waals surface area contributed by atoms with Gasteiger partial charge < -0.3 is 4.57 Å². The van der Waals surface area contributed by atoms with Crippen LogP contribution in [0.4, 0.5) is 0 Å². The Labute approximate surface area is 324 Å². The third kappa shape index (κ3) is 5.23. The summed E-state index contributed by atoms with van der Waals surface area (Å²) in [6.07, 6.45) is 1.88. The number of aromatic nitrogens is 4. The van der Waals surface area contributed by atoms with Gasteiger partial charge in [-0.05, 0) is 77.4 Å². The predicted molar refractivity (Wildman–Crippen MR) is 232 cm³/mol. The Hall–Kier alpha value is -7.56. The quantitative estimate of drug-likeness (QED) is 0.172. The lowest BCUT2D eigenvalue weighted by molar-refractivity contribution is 1.14. The minimum atomic E-state index is 0.956. The summed E-state index contributed by atoms with van der Waals surface area (Å²) < 4.78 is 4.72. The normalized spacial score (nSPS) is 11.6. The second-order valence-corrected chi connectivity index (χ2v) is 14.2. The molecule has 7 aromatic carbocycles. The highest BCUT2D eigenvalue weighted by Crippen LogP contribution is 2.41. The number of benzene rings is 7. The van der Waals surface area contributed by atoms with E-state index in [0.29, 0.717) is 0 Å². The fourth-order valence-corrected chi connectivity index (χ4v) is 8.38. The van der Waals surface area contributed by atoms with Crippen molar-refractivity contribution in [1.29, 1.82) is 0 Å². The Morgan fingerprint density at radius 1 is 0.339 bits per heavy atom. The van der Waals surface area contributed by atoms with Gasteiger partial charge in [-0.3, -0.25) is 4.57 Å². The van der Waals surface area contributed by atoms with E-state index in [1.165, 1.54) is 32.8 Å². The fourth-order valence-electron chi connectivity index (χ4n) is 8.38. The van der Waals surface area contributed by atoms with E-state index >= 15 is 0 Å². The Bertz CT molecular complexity index is 3160. The molecule has 0 aliphatic rings. The summed E-state index contributed by atoms with van der Waals surface area (Å²) in [5, 5.41) is 4.78. The third-order valence-electron chi connectivity index (χ3n) is 11.0. The highest BCUT2D eigenvalue weighted by molar-refractivity contribution is 6.15. The highest BCUT2D eigenvalue weighted by atomic mass is 15.0. The SMILES string of the molecule is c1ccc(-c2cc(-c3ccc(-n4c5ccccc5c5cccc(-c6ccc7c8cccnc8n(-c8ccccc8)c7c6)c54)cc3)cc(-c3ccccc3)n2)cc1. The van der Waals surface area contributed by atoms with E-state index in [4.69, 9.17) is 9.97 Å². The Balaban J connectivity index is 1.09. The zero-order valence-electron chi connectivity index (χ0n) is 30.4. The molecule has 0 aliphatic heterocycles. The first-order valence-corrected chi connectivity index (χ1v) is 19.0. The van der Waals surface area contributed by atoms with Gasteiger partial charge in [-0.2, -0.15) is 0 Å². The van der Waals surface area contributed by atoms with Crippen LogP contribution in [0.1, 0.15) is 0 Å². The number of pyridine rings is 2. The van der Waals surface area contributed by atoms with Crippen molar-refractivity contribution in [2.24, 2.45) is 0 Å². The van der Waals surface area contributed by atoms with E-state index in [-0.39, 0.29) is 0 Å². The van der Waals surface area contributed by atoms with Crippen molar-refractivity contribution < 1.29 is 0 Å². The minimum Gasteiger partial charge on any atom is -0.309 e. The van der Waals surface area contributed by atoms with Gasteiger partial charge in [0.2, 0.25) is 0 Å². The largest absolute Gasteiger partial charge is 0.309 e. The Kier molecular flexibility index (Phi) is 7.46. The van der Waals surface area contributed by atoms with E-state index in [0.717, 1.165) is 67.1 Å². The van der Waals surface area contributed by atoms with Crippen molar-refractivity contribution in [3.8, 4) is 56.1 Å². The van der Waals surface area contributed by atoms with E-state index in [9.17, 15) is 0 Å². The van der Waals surface area contributed by atoms with Crippen LogP contribution in [0.5, 0.6) is 0 Å². The maximum Gasteiger partial charge on any atom is 0.145 e. The van der Waals surface area contributed by atoms with Crippen molar-refractivity contribution in [2.45, 2.75) is 0 Å². The average molecular weight is 715 g/mol. The second-order valence-electron chi connectivity index (χ2n) is 14.2. The molecular formula is C52H34N4. The molecule has 0 N–H and O–H groups in total. The van der Waals surface area contributed by atoms with Gasteiger partial charge in [-0.15, -0.1) is 0 Å². The first-order valence-electron chi connectivity index (χ1n) is 19.0. The Morgan fingerprint density at radius 2 is 0.929 bits per heavy atom. The van der Waals surface area contributed by atoms with Crippen LogP contribution in [-0.2, 0) is 0 Å². The lowest BCUT2D eigenvalue weighted by Gasteiger charge is -2.14. The molecule has 4 heterocycles. The van der Waals surface area contributed by atoms with Gasteiger partial charge >= 0.3 is 0 Å². The summed E-state index contributed by atoms with van der Waals surface area (Å²) in [6.45, 7) is 0. The van der Waals surface area contributed by atoms with Gasteiger partial charge in [0.15, 0.2) is 0 Å². The van der Waals surface area contributed by atoms with Gasteiger partial charge in [-0.25, -0.2) is 9.97 Å². The van der Waals surface area contributed by atoms with Gasteiger partial charge in [0, 0.05) is 55.8 Å². The molecule has 0 aliphatic carbocycles. The topological polar surface area (TPSA) is 35.6 Å². The van der Waals surface area contributed by atoms with Crippen molar-refractivity contribution in [1.82, 2.24) is 19.1 Å². The molecule has 11 aromatic rings. The molecule has 0 saturated heterocycles. The summed E-state index contributed by atoms with van der Waals surface area (Å²) in [5.41, 5.74) is 15.4. The molecule has 4 heteroatoms. The third-order valence-corrected chi connectivity index (χ3v) is 11.0. The highest BCUT2D eigenvalue weighted by Gasteiger charge is 2.19. The number of hydrogen-bond acceptors (Lipinski definition) is 2. The molecule has 0 fully saturated rings. The molecule has 0 saturated carbocycles. The molecule has 11 rings (SSSR count). The summed E-state index contributed by atoms with van der Waals surface area (Å²) >= 11 is 0. The zero-order chi connectivity index (χ0) is 37.0. The van der Waals surface area contributed by atoms with Crippen LogP contribution in [-0.4, -0.2) is 19.1 Å². The predicted octanol–water partition coefficient (Wildman–Crippen LogP) is 13.3. The van der Waals surface area contributed by atoms with Gasteiger partial charge in [0.05, 0.1) is 27.9 Å². The van der Waals surface area contributed by atoms with Crippen LogP contribution in [0, 0.1) is 0 Å². The van der Waals surface area contributed by atoms with Crippen LogP contribution < -0.4 is 0 Å². The summed E-state index contributed by atoms with van der Waals surface area (Å²) in [6, 6.07) is 71.3. The molecule has 0 amide bonds. The maximum absolute atomic E-state index is 5.11. The lowest BCUT2D eigenvalue weighted by atomic mass is 9.99. The van der Waals surface area contributed by atoms with Crippen LogP contribution in [0.2, 0.25) is 0 Å². The standard InChI is InChI=1S/C52H34N4/c1-4-14-36(15-5-1)47-32-39(33-48(54-47)37-16-6-2-7-17-37)35-25-28-41(29-26-35)55-49-24-11-10-20-43(49)45-22-12-21-42(51(45)55)38-27-30-44-46-23-13-31-53-52(46)56(50(44)34-38)40-18-8-3-9-19-40/h1-34H. The van der Waals surface area contributed by atoms with Crippen LogP contribution >= 0.6 is 0 Å². The van der Waals surface area contributed by atoms with Gasteiger partial charge in [0.25, 0.3) is 0 Å². The molecule has 0 atom stereocenters. The molecule has 0 unspecified atom stereocenters.